The van der Waals surface area contributed by atoms with E-state index in [1.54, 1.807) is 19.2 Å². The molecule has 32 heavy (non-hydrogen) atoms. The van der Waals surface area contributed by atoms with Crippen molar-refractivity contribution in [1.82, 2.24) is 14.8 Å². The summed E-state index contributed by atoms with van der Waals surface area (Å²) < 4.78 is 5.79. The standard InChI is InChI=1S/C26H31N3O3/c1-17-13-24(32-2)22(21-9-10-27-25(17)21)15-29-12-11-28(14-18-3-4-18)16-23(29)19-5-7-20(8-6-19)26(30)31/h5-10,13,18,23,27H,3-4,11-12,14-16H2,1-2H3,(H,30,31). The van der Waals surface area contributed by atoms with Crippen molar-refractivity contribution >= 4 is 16.9 Å². The van der Waals surface area contributed by atoms with Crippen LogP contribution in [0.5, 0.6) is 5.75 Å². The highest BCUT2D eigenvalue weighted by Crippen LogP contribution is 2.36. The van der Waals surface area contributed by atoms with Gasteiger partial charge in [-0.15, -0.1) is 0 Å². The fraction of sp³-hybridized carbons (Fsp3) is 0.423. The second-order valence-electron chi connectivity index (χ2n) is 9.26. The molecular formula is C26H31N3O3. The lowest BCUT2D eigenvalue weighted by Gasteiger charge is -2.42. The second-order valence-corrected chi connectivity index (χ2v) is 9.26. The van der Waals surface area contributed by atoms with Crippen LogP contribution >= 0.6 is 0 Å². The van der Waals surface area contributed by atoms with Gasteiger partial charge in [0.2, 0.25) is 0 Å². The van der Waals surface area contributed by atoms with Crippen molar-refractivity contribution in [2.24, 2.45) is 5.92 Å². The molecule has 0 bridgehead atoms. The van der Waals surface area contributed by atoms with Crippen molar-refractivity contribution in [3.05, 3.63) is 64.8 Å². The molecule has 2 aliphatic rings. The summed E-state index contributed by atoms with van der Waals surface area (Å²) in [4.78, 5) is 19.8. The van der Waals surface area contributed by atoms with Crippen LogP contribution < -0.4 is 4.74 Å². The average Bonchev–Trinajstić information content (AvgIpc) is 3.47. The summed E-state index contributed by atoms with van der Waals surface area (Å²) in [7, 11) is 1.74. The average molecular weight is 434 g/mol. The molecule has 1 unspecified atom stereocenters. The van der Waals surface area contributed by atoms with E-state index in [-0.39, 0.29) is 6.04 Å². The van der Waals surface area contributed by atoms with E-state index in [1.165, 1.54) is 41.5 Å². The van der Waals surface area contributed by atoms with Gasteiger partial charge in [-0.2, -0.15) is 0 Å². The van der Waals surface area contributed by atoms with Gasteiger partial charge >= 0.3 is 5.97 Å². The van der Waals surface area contributed by atoms with Crippen molar-refractivity contribution in [2.45, 2.75) is 32.4 Å². The molecule has 6 nitrogen and oxygen atoms in total. The maximum atomic E-state index is 11.3. The Hall–Kier alpha value is -2.83. The summed E-state index contributed by atoms with van der Waals surface area (Å²) in [5.74, 6) is 0.898. The van der Waals surface area contributed by atoms with Crippen LogP contribution in [0.15, 0.2) is 42.6 Å². The zero-order valence-electron chi connectivity index (χ0n) is 18.8. The first-order valence-electron chi connectivity index (χ1n) is 11.5. The van der Waals surface area contributed by atoms with Crippen molar-refractivity contribution in [3.8, 4) is 5.75 Å². The van der Waals surface area contributed by atoms with E-state index in [1.807, 2.05) is 18.3 Å². The molecule has 1 aromatic heterocycles. The molecule has 3 aromatic rings. The third-order valence-corrected chi connectivity index (χ3v) is 7.02. The number of aromatic amines is 1. The van der Waals surface area contributed by atoms with Gasteiger partial charge in [0, 0.05) is 61.4 Å². The Morgan fingerprint density at radius 2 is 1.97 bits per heavy atom. The topological polar surface area (TPSA) is 68.8 Å². The molecule has 2 fully saturated rings. The molecule has 1 saturated carbocycles. The number of nitrogens with one attached hydrogen (secondary N) is 1. The van der Waals surface area contributed by atoms with Gasteiger partial charge in [0.05, 0.1) is 12.7 Å². The highest BCUT2D eigenvalue weighted by molar-refractivity contribution is 5.88. The Labute approximate surface area is 188 Å². The number of carbonyl (C=O) groups is 1. The number of aromatic nitrogens is 1. The minimum atomic E-state index is -0.883. The number of rotatable bonds is 7. The predicted octanol–water partition coefficient (Wildman–Crippen LogP) is 4.45. The number of carboxylic acids is 1. The number of aromatic carboxylic acids is 1. The van der Waals surface area contributed by atoms with Gasteiger partial charge in [-0.1, -0.05) is 12.1 Å². The van der Waals surface area contributed by atoms with E-state index < -0.39 is 5.97 Å². The van der Waals surface area contributed by atoms with Crippen LogP contribution in [-0.4, -0.2) is 59.1 Å². The number of fused-ring (bicyclic) bond motifs is 1. The number of piperazine rings is 1. The molecule has 168 valence electrons. The highest BCUT2D eigenvalue weighted by Gasteiger charge is 2.32. The van der Waals surface area contributed by atoms with Crippen molar-refractivity contribution in [1.29, 1.82) is 0 Å². The largest absolute Gasteiger partial charge is 0.496 e. The normalized spacial score (nSPS) is 20.0. The molecule has 2 aromatic carbocycles. The molecule has 2 heterocycles. The number of methoxy groups -OCH3 is 1. The summed E-state index contributed by atoms with van der Waals surface area (Å²) in [5, 5.41) is 10.5. The summed E-state index contributed by atoms with van der Waals surface area (Å²) in [5.41, 5.74) is 5.06. The molecule has 1 saturated heterocycles. The lowest BCUT2D eigenvalue weighted by atomic mass is 9.98. The van der Waals surface area contributed by atoms with Crippen LogP contribution in [0.4, 0.5) is 0 Å². The van der Waals surface area contributed by atoms with Gasteiger partial charge in [0.1, 0.15) is 5.75 Å². The third-order valence-electron chi connectivity index (χ3n) is 7.02. The highest BCUT2D eigenvalue weighted by atomic mass is 16.5. The SMILES string of the molecule is COc1cc(C)c2[nH]ccc2c1CN1CCN(CC2CC2)CC1c1ccc(C(=O)O)cc1. The number of hydrogen-bond acceptors (Lipinski definition) is 4. The molecule has 5 rings (SSSR count). The Morgan fingerprint density at radius 3 is 2.66 bits per heavy atom. The first-order valence-corrected chi connectivity index (χ1v) is 11.5. The maximum absolute atomic E-state index is 11.3. The Bertz CT molecular complexity index is 1120. The summed E-state index contributed by atoms with van der Waals surface area (Å²) >= 11 is 0. The van der Waals surface area contributed by atoms with Crippen molar-refractivity contribution in [3.63, 3.8) is 0 Å². The van der Waals surface area contributed by atoms with E-state index in [0.29, 0.717) is 5.56 Å². The Balaban J connectivity index is 1.47. The van der Waals surface area contributed by atoms with Crippen molar-refractivity contribution < 1.29 is 14.6 Å². The number of aryl methyl sites for hydroxylation is 1. The molecular weight excluding hydrogens is 402 g/mol. The van der Waals surface area contributed by atoms with Gasteiger partial charge < -0.3 is 14.8 Å². The fourth-order valence-corrected chi connectivity index (χ4v) is 5.05. The lowest BCUT2D eigenvalue weighted by molar-refractivity contribution is 0.0649. The van der Waals surface area contributed by atoms with Gasteiger partial charge in [-0.3, -0.25) is 9.80 Å². The maximum Gasteiger partial charge on any atom is 0.335 e. The summed E-state index contributed by atoms with van der Waals surface area (Å²) in [6.07, 6.45) is 4.70. The van der Waals surface area contributed by atoms with E-state index in [9.17, 15) is 9.90 Å². The van der Waals surface area contributed by atoms with Gasteiger partial charge in [0.25, 0.3) is 0 Å². The number of hydrogen-bond donors (Lipinski definition) is 2. The molecule has 1 atom stereocenters. The Morgan fingerprint density at radius 1 is 1.19 bits per heavy atom. The van der Waals surface area contributed by atoms with Crippen LogP contribution in [0.3, 0.4) is 0 Å². The van der Waals surface area contributed by atoms with Crippen LogP contribution in [-0.2, 0) is 6.54 Å². The molecule has 2 N–H and O–H groups in total. The monoisotopic (exact) mass is 433 g/mol. The second kappa shape index (κ2) is 8.60. The number of ether oxygens (including phenoxy) is 1. The summed E-state index contributed by atoms with van der Waals surface area (Å²) in [6.45, 7) is 7.07. The van der Waals surface area contributed by atoms with E-state index in [0.717, 1.165) is 43.4 Å². The van der Waals surface area contributed by atoms with Crippen LogP contribution in [0.2, 0.25) is 0 Å². The number of carboxylic acid groups (broad SMARTS) is 1. The van der Waals surface area contributed by atoms with Crippen LogP contribution in [0.1, 0.15) is 45.9 Å². The quantitative estimate of drug-likeness (QED) is 0.576. The minimum Gasteiger partial charge on any atom is -0.496 e. The fourth-order valence-electron chi connectivity index (χ4n) is 5.05. The minimum absolute atomic E-state index is 0.213. The zero-order valence-corrected chi connectivity index (χ0v) is 18.8. The third kappa shape index (κ3) is 4.12. The van der Waals surface area contributed by atoms with Gasteiger partial charge in [0.15, 0.2) is 0 Å². The molecule has 0 amide bonds. The molecule has 1 aliphatic carbocycles. The molecule has 0 radical (unpaired) electrons. The van der Waals surface area contributed by atoms with Crippen LogP contribution in [0, 0.1) is 12.8 Å². The first kappa shape index (κ1) is 21.0. The molecule has 6 heteroatoms. The van der Waals surface area contributed by atoms with Crippen molar-refractivity contribution in [2.75, 3.05) is 33.3 Å². The first-order chi connectivity index (χ1) is 15.5. The van der Waals surface area contributed by atoms with Gasteiger partial charge in [-0.05, 0) is 61.1 Å². The smallest absolute Gasteiger partial charge is 0.335 e. The molecule has 1 aliphatic heterocycles. The number of nitrogens with zero attached hydrogens (tertiary/aromatic N) is 2. The lowest BCUT2D eigenvalue weighted by Crippen LogP contribution is -2.48. The van der Waals surface area contributed by atoms with Gasteiger partial charge in [-0.25, -0.2) is 4.79 Å². The van der Waals surface area contributed by atoms with E-state index in [4.69, 9.17) is 4.74 Å². The summed E-state index contributed by atoms with van der Waals surface area (Å²) in [6, 6.07) is 11.9. The number of H-pyrrole nitrogens is 1. The van der Waals surface area contributed by atoms with Crippen LogP contribution in [0.25, 0.3) is 10.9 Å². The van der Waals surface area contributed by atoms with E-state index >= 15 is 0 Å². The molecule has 0 spiro atoms. The number of benzene rings is 2. The van der Waals surface area contributed by atoms with E-state index in [2.05, 4.69) is 33.8 Å². The Kier molecular flexibility index (Phi) is 5.66. The predicted molar refractivity (Wildman–Crippen MR) is 125 cm³/mol. The zero-order chi connectivity index (χ0) is 22.2.